The number of sulfonamides is 1. The molecule has 0 atom stereocenters. The number of aromatic nitrogens is 1. The van der Waals surface area contributed by atoms with Gasteiger partial charge in [-0.3, -0.25) is 14.8 Å². The highest BCUT2D eigenvalue weighted by Gasteiger charge is 2.18. The molecule has 3 aromatic rings. The highest BCUT2D eigenvalue weighted by molar-refractivity contribution is 7.93. The van der Waals surface area contributed by atoms with Crippen LogP contribution in [-0.2, 0) is 10.0 Å². The molecule has 0 aliphatic carbocycles. The van der Waals surface area contributed by atoms with Crippen molar-refractivity contribution in [1.29, 1.82) is 0 Å². The van der Waals surface area contributed by atoms with Crippen LogP contribution in [0.25, 0.3) is 11.3 Å². The van der Waals surface area contributed by atoms with Crippen LogP contribution >= 0.6 is 22.9 Å². The quantitative estimate of drug-likeness (QED) is 0.515. The van der Waals surface area contributed by atoms with Crippen LogP contribution in [0.3, 0.4) is 0 Å². The van der Waals surface area contributed by atoms with Crippen molar-refractivity contribution in [3.05, 3.63) is 69.0 Å². The van der Waals surface area contributed by atoms with Crippen molar-refractivity contribution in [3.8, 4) is 11.3 Å². The fourth-order valence-electron chi connectivity index (χ4n) is 1.99. The molecule has 0 aliphatic heterocycles. The number of nitrogens with one attached hydrogen (secondary N) is 1. The average Bonchev–Trinajstić information content (AvgIpc) is 3.03. The number of nitrogens with zero attached hydrogens (tertiary/aromatic N) is 2. The Morgan fingerprint density at radius 1 is 1.08 bits per heavy atom. The number of anilines is 1. The predicted octanol–water partition coefficient (Wildman–Crippen LogP) is 4.17. The first-order valence-corrected chi connectivity index (χ1v) is 9.58. The highest BCUT2D eigenvalue weighted by Crippen LogP contribution is 2.27. The third-order valence-corrected chi connectivity index (χ3v) is 5.72. The van der Waals surface area contributed by atoms with E-state index in [1.54, 1.807) is 29.6 Å². The van der Waals surface area contributed by atoms with Crippen LogP contribution in [0.1, 0.15) is 0 Å². The summed E-state index contributed by atoms with van der Waals surface area (Å²) in [5, 5.41) is 13.1. The van der Waals surface area contributed by atoms with Gasteiger partial charge in [0.1, 0.15) is 0 Å². The fraction of sp³-hybridized carbons (Fsp3) is 0. The maximum Gasteiger partial charge on any atom is 0.269 e. The lowest BCUT2D eigenvalue weighted by Gasteiger charge is -2.04. The normalized spacial score (nSPS) is 11.2. The molecule has 0 aliphatic rings. The van der Waals surface area contributed by atoms with Crippen LogP contribution in [0.2, 0.25) is 5.02 Å². The molecule has 0 fully saturated rings. The zero-order valence-corrected chi connectivity index (χ0v) is 14.8. The second kappa shape index (κ2) is 6.79. The molecule has 0 spiro atoms. The molecule has 0 saturated heterocycles. The van der Waals surface area contributed by atoms with Gasteiger partial charge in [-0.15, -0.1) is 11.3 Å². The van der Waals surface area contributed by atoms with Crippen molar-refractivity contribution >= 4 is 43.8 Å². The molecule has 3 rings (SSSR count). The Labute approximate surface area is 152 Å². The number of hydrogen-bond donors (Lipinski definition) is 1. The largest absolute Gasteiger partial charge is 0.269 e. The Balaban J connectivity index is 1.81. The van der Waals surface area contributed by atoms with Gasteiger partial charge in [-0.1, -0.05) is 23.7 Å². The van der Waals surface area contributed by atoms with Gasteiger partial charge in [0.15, 0.2) is 5.13 Å². The summed E-state index contributed by atoms with van der Waals surface area (Å²) in [4.78, 5) is 14.2. The summed E-state index contributed by atoms with van der Waals surface area (Å²) in [6, 6.07) is 11.6. The Kier molecular flexibility index (Phi) is 4.71. The number of nitro groups is 1. The number of thiazole rings is 1. The number of nitro benzene ring substituents is 1. The van der Waals surface area contributed by atoms with Gasteiger partial charge in [0.05, 0.1) is 15.5 Å². The Morgan fingerprint density at radius 3 is 2.32 bits per heavy atom. The second-order valence-corrected chi connectivity index (χ2v) is 7.88. The third-order valence-electron chi connectivity index (χ3n) is 3.22. The standard InChI is InChI=1S/C15H10ClN3O4S2/c16-11-3-1-10(2-4-11)14-9-24-15(17-14)18-25(22,23)13-7-5-12(6-8-13)19(20)21/h1-9H,(H,17,18). The van der Waals surface area contributed by atoms with Gasteiger partial charge in [-0.25, -0.2) is 13.4 Å². The monoisotopic (exact) mass is 395 g/mol. The van der Waals surface area contributed by atoms with Gasteiger partial charge >= 0.3 is 0 Å². The summed E-state index contributed by atoms with van der Waals surface area (Å²) < 4.78 is 27.1. The van der Waals surface area contributed by atoms with Gasteiger partial charge in [0, 0.05) is 28.1 Å². The van der Waals surface area contributed by atoms with E-state index in [9.17, 15) is 18.5 Å². The van der Waals surface area contributed by atoms with Crippen molar-refractivity contribution in [2.45, 2.75) is 4.90 Å². The lowest BCUT2D eigenvalue weighted by Crippen LogP contribution is -2.12. The van der Waals surface area contributed by atoms with Gasteiger partial charge in [0.2, 0.25) is 0 Å². The summed E-state index contributed by atoms with van der Waals surface area (Å²) in [6.45, 7) is 0. The first kappa shape index (κ1) is 17.3. The minimum absolute atomic E-state index is 0.0821. The Morgan fingerprint density at radius 2 is 1.72 bits per heavy atom. The van der Waals surface area contributed by atoms with Crippen molar-refractivity contribution in [2.24, 2.45) is 0 Å². The molecule has 7 nitrogen and oxygen atoms in total. The molecule has 0 bridgehead atoms. The molecule has 10 heteroatoms. The van der Waals surface area contributed by atoms with E-state index >= 15 is 0 Å². The zero-order chi connectivity index (χ0) is 18.0. The number of benzene rings is 2. The molecule has 25 heavy (non-hydrogen) atoms. The first-order chi connectivity index (χ1) is 11.8. The van der Waals surface area contributed by atoms with E-state index < -0.39 is 14.9 Å². The summed E-state index contributed by atoms with van der Waals surface area (Å²) in [5.41, 5.74) is 1.24. The fourth-order valence-corrected chi connectivity index (χ4v) is 4.09. The minimum atomic E-state index is -3.88. The summed E-state index contributed by atoms with van der Waals surface area (Å²) in [7, 11) is -3.88. The topological polar surface area (TPSA) is 102 Å². The maximum absolute atomic E-state index is 12.3. The van der Waals surface area contributed by atoms with E-state index in [-0.39, 0.29) is 15.7 Å². The second-order valence-electron chi connectivity index (χ2n) is 4.90. The first-order valence-electron chi connectivity index (χ1n) is 6.84. The molecule has 0 amide bonds. The van der Waals surface area contributed by atoms with E-state index in [1.807, 2.05) is 0 Å². The van der Waals surface area contributed by atoms with Gasteiger partial charge in [-0.2, -0.15) is 0 Å². The summed E-state index contributed by atoms with van der Waals surface area (Å²) in [6.07, 6.45) is 0. The van der Waals surface area contributed by atoms with Crippen molar-refractivity contribution in [3.63, 3.8) is 0 Å². The highest BCUT2D eigenvalue weighted by atomic mass is 35.5. The number of rotatable bonds is 5. The van der Waals surface area contributed by atoms with Crippen LogP contribution in [0.5, 0.6) is 0 Å². The van der Waals surface area contributed by atoms with Crippen LogP contribution in [0, 0.1) is 10.1 Å². The van der Waals surface area contributed by atoms with Gasteiger partial charge in [0.25, 0.3) is 15.7 Å². The van der Waals surface area contributed by atoms with E-state index in [0.29, 0.717) is 10.7 Å². The van der Waals surface area contributed by atoms with E-state index in [1.165, 1.54) is 12.1 Å². The van der Waals surface area contributed by atoms with Crippen LogP contribution < -0.4 is 4.72 Å². The molecule has 128 valence electrons. The average molecular weight is 396 g/mol. The molecule has 1 heterocycles. The lowest BCUT2D eigenvalue weighted by molar-refractivity contribution is -0.384. The maximum atomic E-state index is 12.3. The SMILES string of the molecule is O=[N+]([O-])c1ccc(S(=O)(=O)Nc2nc(-c3ccc(Cl)cc3)cs2)cc1. The molecular weight excluding hydrogens is 386 g/mol. The van der Waals surface area contributed by atoms with Gasteiger partial charge in [-0.05, 0) is 24.3 Å². The third kappa shape index (κ3) is 3.95. The van der Waals surface area contributed by atoms with Crippen molar-refractivity contribution < 1.29 is 13.3 Å². The van der Waals surface area contributed by atoms with Crippen molar-refractivity contribution in [2.75, 3.05) is 4.72 Å². The van der Waals surface area contributed by atoms with Crippen LogP contribution in [-0.4, -0.2) is 18.3 Å². The van der Waals surface area contributed by atoms with E-state index in [4.69, 9.17) is 11.6 Å². The number of halogens is 1. The van der Waals surface area contributed by atoms with Crippen LogP contribution in [0.4, 0.5) is 10.8 Å². The molecule has 0 radical (unpaired) electrons. The van der Waals surface area contributed by atoms with Crippen molar-refractivity contribution in [1.82, 2.24) is 4.98 Å². The van der Waals surface area contributed by atoms with E-state index in [0.717, 1.165) is 29.0 Å². The minimum Gasteiger partial charge on any atom is -0.258 e. The number of hydrogen-bond acceptors (Lipinski definition) is 6. The smallest absolute Gasteiger partial charge is 0.258 e. The van der Waals surface area contributed by atoms with Crippen LogP contribution in [0.15, 0.2) is 58.8 Å². The molecule has 0 saturated carbocycles. The Bertz CT molecular complexity index is 1020. The van der Waals surface area contributed by atoms with E-state index in [2.05, 4.69) is 9.71 Å². The molecular formula is C15H10ClN3O4S2. The molecule has 1 aromatic heterocycles. The number of non-ortho nitro benzene ring substituents is 1. The molecule has 1 N–H and O–H groups in total. The zero-order valence-electron chi connectivity index (χ0n) is 12.4. The summed E-state index contributed by atoms with van der Waals surface area (Å²) in [5.74, 6) is 0. The van der Waals surface area contributed by atoms with Gasteiger partial charge < -0.3 is 0 Å². The summed E-state index contributed by atoms with van der Waals surface area (Å²) >= 11 is 6.97. The molecule has 0 unspecified atom stereocenters. The molecule has 2 aromatic carbocycles. The Hall–Kier alpha value is -2.49. The predicted molar refractivity (Wildman–Crippen MR) is 96.5 cm³/mol. The lowest BCUT2D eigenvalue weighted by atomic mass is 10.2.